The second-order valence-electron chi connectivity index (χ2n) is 5.97. The molecule has 5 nitrogen and oxygen atoms in total. The number of hydrogen-bond acceptors (Lipinski definition) is 4. The smallest absolute Gasteiger partial charge is 0.354 e. The predicted molar refractivity (Wildman–Crippen MR) is 99.8 cm³/mol. The summed E-state index contributed by atoms with van der Waals surface area (Å²) in [6.07, 6.45) is 1.51. The second-order valence-corrected chi connectivity index (χ2v) is 6.81. The number of carboxylic acids is 1. The van der Waals surface area contributed by atoms with E-state index in [9.17, 15) is 9.90 Å². The maximum Gasteiger partial charge on any atom is 0.354 e. The van der Waals surface area contributed by atoms with Gasteiger partial charge in [-0.2, -0.15) is 0 Å². The van der Waals surface area contributed by atoms with Crippen molar-refractivity contribution >= 4 is 22.3 Å². The van der Waals surface area contributed by atoms with Crippen LogP contribution in [0.3, 0.4) is 0 Å². The number of hydrogen-bond donors (Lipinski definition) is 1. The number of rotatable bonds is 7. The summed E-state index contributed by atoms with van der Waals surface area (Å²) in [5.74, 6) is -0.189. The lowest BCUT2D eigenvalue weighted by atomic mass is 10.1. The lowest BCUT2D eigenvalue weighted by Crippen LogP contribution is -2.06. The Labute approximate surface area is 150 Å². The highest BCUT2D eigenvalue weighted by Crippen LogP contribution is 2.30. The van der Waals surface area contributed by atoms with Crippen molar-refractivity contribution < 1.29 is 14.6 Å². The lowest BCUT2D eigenvalue weighted by Gasteiger charge is -2.07. The van der Waals surface area contributed by atoms with E-state index in [2.05, 4.69) is 11.6 Å². The van der Waals surface area contributed by atoms with Gasteiger partial charge in [0.25, 0.3) is 0 Å². The molecule has 1 N–H and O–H groups in total. The van der Waals surface area contributed by atoms with Gasteiger partial charge in [-0.3, -0.25) is 4.40 Å². The predicted octanol–water partition coefficient (Wildman–Crippen LogP) is 4.67. The Morgan fingerprint density at radius 3 is 2.68 bits per heavy atom. The quantitative estimate of drug-likeness (QED) is 0.625. The van der Waals surface area contributed by atoms with E-state index in [1.54, 1.807) is 4.40 Å². The van der Waals surface area contributed by atoms with Gasteiger partial charge >= 0.3 is 5.97 Å². The zero-order valence-corrected chi connectivity index (χ0v) is 15.1. The standard InChI is InChI=1S/C19H20N2O3S/c1-4-5-15-17(18(22)23)21-16(11-25-19(21)20-15)13-6-8-14(9-7-13)24-10-12(2)3/h6-9,11H,2,4-5,10H2,1,3H3,(H,22,23). The van der Waals surface area contributed by atoms with Gasteiger partial charge in [-0.25, -0.2) is 9.78 Å². The van der Waals surface area contributed by atoms with E-state index in [0.717, 1.165) is 29.0 Å². The number of carboxylic acid groups (broad SMARTS) is 1. The first-order chi connectivity index (χ1) is 12.0. The fourth-order valence-electron chi connectivity index (χ4n) is 2.66. The number of fused-ring (bicyclic) bond motifs is 1. The van der Waals surface area contributed by atoms with Crippen LogP contribution in [0.2, 0.25) is 0 Å². The fourth-order valence-corrected chi connectivity index (χ4v) is 3.58. The number of aromatic nitrogens is 2. The van der Waals surface area contributed by atoms with Crippen LogP contribution in [0.15, 0.2) is 41.8 Å². The Bertz CT molecular complexity index is 922. The van der Waals surface area contributed by atoms with Crippen molar-refractivity contribution in [3.05, 3.63) is 53.2 Å². The van der Waals surface area contributed by atoms with Crippen molar-refractivity contribution in [2.24, 2.45) is 0 Å². The summed E-state index contributed by atoms with van der Waals surface area (Å²) in [5, 5.41) is 11.6. The third-order valence-electron chi connectivity index (χ3n) is 3.76. The monoisotopic (exact) mass is 356 g/mol. The molecule has 2 heterocycles. The van der Waals surface area contributed by atoms with E-state index < -0.39 is 5.97 Å². The van der Waals surface area contributed by atoms with Crippen LogP contribution in [0.4, 0.5) is 0 Å². The van der Waals surface area contributed by atoms with Gasteiger partial charge < -0.3 is 9.84 Å². The van der Waals surface area contributed by atoms with Gasteiger partial charge in [0.15, 0.2) is 10.7 Å². The maximum absolute atomic E-state index is 11.8. The average Bonchev–Trinajstić information content (AvgIpc) is 3.12. The summed E-state index contributed by atoms with van der Waals surface area (Å²) in [7, 11) is 0. The van der Waals surface area contributed by atoms with Crippen molar-refractivity contribution in [3.8, 4) is 17.0 Å². The lowest BCUT2D eigenvalue weighted by molar-refractivity contribution is 0.0688. The van der Waals surface area contributed by atoms with Gasteiger partial charge in [-0.05, 0) is 48.7 Å². The van der Waals surface area contributed by atoms with Crippen LogP contribution in [0.5, 0.6) is 5.75 Å². The molecule has 0 fully saturated rings. The molecule has 3 rings (SSSR count). The number of aryl methyl sites for hydroxylation is 1. The Morgan fingerprint density at radius 1 is 1.36 bits per heavy atom. The molecule has 2 aromatic heterocycles. The van der Waals surface area contributed by atoms with Crippen LogP contribution < -0.4 is 4.74 Å². The molecule has 0 spiro atoms. The van der Waals surface area contributed by atoms with Crippen LogP contribution in [0.25, 0.3) is 16.2 Å². The van der Waals surface area contributed by atoms with Crippen LogP contribution in [-0.4, -0.2) is 27.1 Å². The summed E-state index contributed by atoms with van der Waals surface area (Å²) in [6.45, 7) is 8.23. The largest absolute Gasteiger partial charge is 0.489 e. The van der Waals surface area contributed by atoms with Gasteiger partial charge in [0, 0.05) is 5.38 Å². The summed E-state index contributed by atoms with van der Waals surface area (Å²) in [6, 6.07) is 7.62. The first-order valence-corrected chi connectivity index (χ1v) is 8.99. The van der Waals surface area contributed by atoms with Crippen molar-refractivity contribution in [1.82, 2.24) is 9.38 Å². The Kier molecular flexibility index (Phi) is 4.90. The third kappa shape index (κ3) is 3.44. The van der Waals surface area contributed by atoms with Crippen LogP contribution in [-0.2, 0) is 6.42 Å². The normalized spacial score (nSPS) is 11.0. The average molecular weight is 356 g/mol. The van der Waals surface area contributed by atoms with Crippen LogP contribution in [0.1, 0.15) is 36.5 Å². The van der Waals surface area contributed by atoms with Crippen molar-refractivity contribution in [1.29, 1.82) is 0 Å². The van der Waals surface area contributed by atoms with Crippen LogP contribution in [0, 0.1) is 0 Å². The third-order valence-corrected chi connectivity index (χ3v) is 4.59. The molecule has 25 heavy (non-hydrogen) atoms. The van der Waals surface area contributed by atoms with E-state index in [1.165, 1.54) is 11.3 Å². The number of nitrogens with zero attached hydrogens (tertiary/aromatic N) is 2. The van der Waals surface area contributed by atoms with Gasteiger partial charge in [0.1, 0.15) is 12.4 Å². The Hall–Kier alpha value is -2.60. The van der Waals surface area contributed by atoms with E-state index in [4.69, 9.17) is 4.74 Å². The molecule has 0 amide bonds. The molecule has 0 aliphatic rings. The minimum atomic E-state index is -0.947. The van der Waals surface area contributed by atoms with Gasteiger partial charge in [0.2, 0.25) is 0 Å². The molecule has 0 radical (unpaired) electrons. The van der Waals surface area contributed by atoms with Gasteiger partial charge in [-0.15, -0.1) is 11.3 Å². The molecule has 1 aromatic carbocycles. The summed E-state index contributed by atoms with van der Waals surface area (Å²) in [5.41, 5.74) is 3.62. The number of ether oxygens (including phenoxy) is 1. The molecule has 0 saturated heterocycles. The minimum absolute atomic E-state index is 0.260. The zero-order valence-electron chi connectivity index (χ0n) is 14.3. The summed E-state index contributed by atoms with van der Waals surface area (Å²) >= 11 is 1.45. The van der Waals surface area contributed by atoms with Gasteiger partial charge in [0.05, 0.1) is 11.4 Å². The minimum Gasteiger partial charge on any atom is -0.489 e. The van der Waals surface area contributed by atoms with Crippen molar-refractivity contribution in [3.63, 3.8) is 0 Å². The highest BCUT2D eigenvalue weighted by atomic mass is 32.1. The first kappa shape index (κ1) is 17.2. The molecule has 0 unspecified atom stereocenters. The van der Waals surface area contributed by atoms with Gasteiger partial charge in [-0.1, -0.05) is 19.9 Å². The number of imidazole rings is 1. The molecule has 0 aliphatic heterocycles. The number of carbonyl (C=O) groups is 1. The molecule has 130 valence electrons. The molecule has 0 atom stereocenters. The van der Waals surface area contributed by atoms with Crippen molar-refractivity contribution in [2.75, 3.05) is 6.61 Å². The van der Waals surface area contributed by atoms with E-state index in [1.807, 2.05) is 43.5 Å². The SMILES string of the molecule is C=C(C)COc1ccc(-c2csc3nc(CCC)c(C(=O)O)n23)cc1. The van der Waals surface area contributed by atoms with E-state index in [-0.39, 0.29) is 5.69 Å². The topological polar surface area (TPSA) is 63.8 Å². The fraction of sp³-hybridized carbons (Fsp3) is 0.263. The molecule has 0 bridgehead atoms. The van der Waals surface area contributed by atoms with E-state index in [0.29, 0.717) is 23.7 Å². The summed E-state index contributed by atoms with van der Waals surface area (Å²) in [4.78, 5) is 17.0. The van der Waals surface area contributed by atoms with Crippen LogP contribution >= 0.6 is 11.3 Å². The number of thiazole rings is 1. The maximum atomic E-state index is 11.8. The zero-order chi connectivity index (χ0) is 18.0. The number of benzene rings is 1. The molecular formula is C19H20N2O3S. The molecule has 0 aliphatic carbocycles. The highest BCUT2D eigenvalue weighted by Gasteiger charge is 2.22. The van der Waals surface area contributed by atoms with Crippen molar-refractivity contribution in [2.45, 2.75) is 26.7 Å². The molecular weight excluding hydrogens is 336 g/mol. The molecule has 0 saturated carbocycles. The Morgan fingerprint density at radius 2 is 2.08 bits per heavy atom. The van der Waals surface area contributed by atoms with E-state index >= 15 is 0 Å². The first-order valence-electron chi connectivity index (χ1n) is 8.11. The summed E-state index contributed by atoms with van der Waals surface area (Å²) < 4.78 is 7.35. The Balaban J connectivity index is 2.01. The molecule has 6 heteroatoms. The second kappa shape index (κ2) is 7.11. The number of aromatic carboxylic acids is 1. The molecule has 3 aromatic rings. The highest BCUT2D eigenvalue weighted by molar-refractivity contribution is 7.15.